The van der Waals surface area contributed by atoms with Crippen LogP contribution < -0.4 is 0 Å². The van der Waals surface area contributed by atoms with Crippen LogP contribution >= 0.6 is 0 Å². The van der Waals surface area contributed by atoms with E-state index in [9.17, 15) is 28.8 Å². The fourth-order valence-corrected chi connectivity index (χ4v) is 7.54. The van der Waals surface area contributed by atoms with Crippen molar-refractivity contribution in [2.75, 3.05) is 0 Å². The lowest BCUT2D eigenvalue weighted by atomic mass is 10.0. The highest BCUT2D eigenvalue weighted by Crippen LogP contribution is 2.41. The number of benzene rings is 10. The maximum Gasteiger partial charge on any atom is 0.0667 e. The van der Waals surface area contributed by atoms with Crippen LogP contribution in [0.2, 0.25) is 0 Å². The van der Waals surface area contributed by atoms with Crippen molar-refractivity contribution in [2.24, 2.45) is 0 Å². The Hall–Kier alpha value is -8.40. The fourth-order valence-electron chi connectivity index (χ4n) is 7.54. The molecule has 3 nitrogen and oxygen atoms in total. The Kier molecular flexibility index (Phi) is 3.15. The summed E-state index contributed by atoms with van der Waals surface area (Å²) in [6.07, 6.45) is 0. The first-order valence-electron chi connectivity index (χ1n) is 38.0. The number of aromatic nitrogens is 3. The molecule has 13 rings (SSSR count). The van der Waals surface area contributed by atoms with E-state index < -0.39 is 352 Å². The third-order valence-corrected chi connectivity index (χ3v) is 10.2. The first kappa shape index (κ1) is 14.1. The highest BCUT2D eigenvalue weighted by molar-refractivity contribution is 6.13. The number of nitrogens with zero attached hydrogens (tertiary/aromatic N) is 3. The van der Waals surface area contributed by atoms with Gasteiger partial charge >= 0.3 is 0 Å². The number of hydrogen-bond donors (Lipinski definition) is 0. The number of rotatable bonds is 6. The van der Waals surface area contributed by atoms with Crippen molar-refractivity contribution in [3.05, 3.63) is 236 Å². The lowest BCUT2D eigenvalue weighted by Gasteiger charge is -2.16. The first-order chi connectivity index (χ1) is 47.5. The Morgan fingerprint density at radius 3 is 1.32 bits per heavy atom. The zero-order valence-electron chi connectivity index (χ0n) is 70.3. The second-order valence-electron chi connectivity index (χ2n) is 13.5. The van der Waals surface area contributed by atoms with Crippen LogP contribution in [0.3, 0.4) is 0 Å². The van der Waals surface area contributed by atoms with Crippen molar-refractivity contribution in [1.82, 2.24) is 13.7 Å². The molecule has 3 aromatic heterocycles. The van der Waals surface area contributed by atoms with E-state index in [-0.39, 0.29) is 0 Å². The van der Waals surface area contributed by atoms with Crippen LogP contribution in [0.25, 0.3) is 116 Å². The molecule has 0 aliphatic rings. The summed E-state index contributed by atoms with van der Waals surface area (Å²) in [7, 11) is 0. The zero-order chi connectivity index (χ0) is 75.4. The summed E-state index contributed by atoms with van der Waals surface area (Å²) in [6, 6.07) is -41.9. The maximum atomic E-state index is 10.4. The summed E-state index contributed by atoms with van der Waals surface area (Å²) in [4.78, 5) is 0. The molecule has 0 amide bonds. The Labute approximate surface area is 419 Å². The Balaban J connectivity index is 1.24. The molecule has 13 aromatic rings. The molecule has 0 radical (unpaired) electrons. The molecule has 0 spiro atoms. The van der Waals surface area contributed by atoms with Gasteiger partial charge in [0.05, 0.1) is 92.2 Å². The lowest BCUT2D eigenvalue weighted by molar-refractivity contribution is 1.15. The van der Waals surface area contributed by atoms with E-state index in [0.29, 0.717) is 13.7 Å². The number of para-hydroxylation sites is 4. The second kappa shape index (κ2) is 14.1. The van der Waals surface area contributed by atoms with Gasteiger partial charge in [0.15, 0.2) is 0 Å². The van der Waals surface area contributed by atoms with Gasteiger partial charge in [0.2, 0.25) is 0 Å². The molecule has 0 N–H and O–H groups in total. The van der Waals surface area contributed by atoms with Gasteiger partial charge in [-0.15, -0.1) is 0 Å². The minimum Gasteiger partial charge on any atom is -0.309 e. The third-order valence-electron chi connectivity index (χ3n) is 10.2. The van der Waals surface area contributed by atoms with Crippen LogP contribution in [0.1, 0.15) is 53.5 Å². The second-order valence-corrected chi connectivity index (χ2v) is 13.5. The molecule has 10 aromatic carbocycles. The number of fused-ring (bicyclic) bond motifs is 9. The van der Waals surface area contributed by atoms with Gasteiger partial charge in [0.25, 0.3) is 0 Å². The van der Waals surface area contributed by atoms with Crippen molar-refractivity contribution in [3.8, 4) is 50.4 Å². The van der Waals surface area contributed by atoms with Crippen LogP contribution in [-0.4, -0.2) is 13.7 Å². The van der Waals surface area contributed by atoms with Crippen molar-refractivity contribution in [3.63, 3.8) is 0 Å². The van der Waals surface area contributed by atoms with Crippen LogP contribution in [0.15, 0.2) is 236 Å². The third kappa shape index (κ3) is 5.53. The van der Waals surface area contributed by atoms with E-state index in [1.54, 1.807) is 0 Å². The normalized spacial score (nSPS) is 20.5. The van der Waals surface area contributed by atoms with Crippen LogP contribution in [0, 0.1) is 0 Å². The SMILES string of the molecule is [2H]c1c([2H])c([2H])c(-c2c([2H])c([2H])c3c(c2[2H])c2c([2H])c([2H])c([2H])c([2H])c2n3-c2c([2H])c([2H])c([2H])c([2H])c2-c2c([2H])c([2H])c([2H])c(-n3c4c([2H])c([2H])c([2H])c([2H])c4c4c([2H])c([2H])c(-n5c6c([2H])c([2H])c([2H])c([2H])c6c6c([2H])c(-c7c([2H])c([2H])c([2H])c([2H])c7[2H])c([2H])c([2H])c65)c([2H])c43)c2[2H])c([2H])c1[2H]. The minimum atomic E-state index is -1.34. The fraction of sp³-hybridized carbons (Fsp3) is 0. The first-order valence-corrected chi connectivity index (χ1v) is 18.5. The van der Waals surface area contributed by atoms with E-state index in [0.717, 1.165) is 0 Å². The average molecular weight is 841 g/mol. The van der Waals surface area contributed by atoms with E-state index in [1.165, 1.54) is 0 Å². The molecule has 3 heteroatoms. The summed E-state index contributed by atoms with van der Waals surface area (Å²) >= 11 is 0. The topological polar surface area (TPSA) is 14.8 Å². The van der Waals surface area contributed by atoms with Gasteiger partial charge in [-0.25, -0.2) is 0 Å². The summed E-state index contributed by atoms with van der Waals surface area (Å²) in [5, 5.41) is -4.44. The summed E-state index contributed by atoms with van der Waals surface area (Å²) < 4.78 is 361. The zero-order valence-corrected chi connectivity index (χ0v) is 31.3. The van der Waals surface area contributed by atoms with Gasteiger partial charge in [-0.05, 0) is 100 Å². The standard InChI is InChI=1S/C60H39N3/c1-3-16-40(17-4-1)42-30-34-58-52(37-42)49-24-9-13-28-56(49)61(58)46-32-33-51-48-23-8-12-27-55(48)62(60(51)39-46)45-21-15-20-44(36-45)47-22-7-11-26-54(47)63-57-29-14-10-25-50(57)53-38-43(31-35-59(53)63)41-18-5-2-6-19-41/h1-39H/i1D,2D,3D,4D,5D,6D,7D,8D,9D,10D,11D,12D,13D,14D,15D,16D,17D,18D,19D,20D,21D,22D,23D,24D,25D,26D,27D,28D,29D,30D,31D,32D,33D,34D,35D,36D,37D,38D,39D. The molecule has 294 valence electrons. The Morgan fingerprint density at radius 1 is 0.238 bits per heavy atom. The molecular formula is C60H39N3. The molecular weight excluding hydrogens is 763 g/mol. The van der Waals surface area contributed by atoms with Gasteiger partial charge in [-0.3, -0.25) is 0 Å². The van der Waals surface area contributed by atoms with E-state index in [2.05, 4.69) is 0 Å². The largest absolute Gasteiger partial charge is 0.309 e. The van der Waals surface area contributed by atoms with Crippen LogP contribution in [0.5, 0.6) is 0 Å². The predicted octanol–water partition coefficient (Wildman–Crippen LogP) is 16.0. The van der Waals surface area contributed by atoms with E-state index in [1.807, 2.05) is 0 Å². The van der Waals surface area contributed by atoms with Gasteiger partial charge in [-0.1, -0.05) is 163 Å². The van der Waals surface area contributed by atoms with E-state index in [4.69, 9.17) is 24.7 Å². The van der Waals surface area contributed by atoms with E-state index >= 15 is 0 Å². The molecule has 0 aliphatic carbocycles. The van der Waals surface area contributed by atoms with Crippen LogP contribution in [-0.2, 0) is 0 Å². The van der Waals surface area contributed by atoms with Crippen molar-refractivity contribution >= 4 is 65.4 Å². The van der Waals surface area contributed by atoms with Crippen molar-refractivity contribution in [1.29, 1.82) is 0 Å². The molecule has 0 atom stereocenters. The minimum absolute atomic E-state index is 0.550. The Bertz CT molecular complexity index is 6180. The molecule has 0 aliphatic heterocycles. The average Bonchev–Trinajstić information content (AvgIpc) is 1.52. The highest BCUT2D eigenvalue weighted by atomic mass is 15.0. The maximum absolute atomic E-state index is 10.4. The van der Waals surface area contributed by atoms with Crippen LogP contribution in [0.4, 0.5) is 0 Å². The molecule has 0 saturated carbocycles. The summed E-state index contributed by atoms with van der Waals surface area (Å²) in [5.41, 5.74) is -13.9. The van der Waals surface area contributed by atoms with Crippen molar-refractivity contribution in [2.45, 2.75) is 0 Å². The quantitative estimate of drug-likeness (QED) is 0.158. The van der Waals surface area contributed by atoms with Gasteiger partial charge in [0, 0.05) is 49.3 Å². The molecule has 0 unspecified atom stereocenters. The Morgan fingerprint density at radius 2 is 0.683 bits per heavy atom. The monoisotopic (exact) mass is 841 g/mol. The van der Waals surface area contributed by atoms with Gasteiger partial charge in [-0.2, -0.15) is 0 Å². The smallest absolute Gasteiger partial charge is 0.0667 e. The predicted molar refractivity (Wildman–Crippen MR) is 266 cm³/mol. The lowest BCUT2D eigenvalue weighted by Crippen LogP contribution is -1.99. The van der Waals surface area contributed by atoms with Gasteiger partial charge in [0.1, 0.15) is 0 Å². The molecule has 0 bridgehead atoms. The highest BCUT2D eigenvalue weighted by Gasteiger charge is 2.20. The number of hydrogen-bond acceptors (Lipinski definition) is 0. The summed E-state index contributed by atoms with van der Waals surface area (Å²) in [6.45, 7) is 0. The van der Waals surface area contributed by atoms with Crippen molar-refractivity contribution < 1.29 is 53.5 Å². The molecule has 63 heavy (non-hydrogen) atoms. The molecule has 0 fully saturated rings. The summed E-state index contributed by atoms with van der Waals surface area (Å²) in [5.74, 6) is 0. The molecule has 3 heterocycles. The molecule has 0 saturated heterocycles. The van der Waals surface area contributed by atoms with Gasteiger partial charge < -0.3 is 13.7 Å².